The number of allylic oxidation sites excluding steroid dienone is 1. The van der Waals surface area contributed by atoms with E-state index in [2.05, 4.69) is 0 Å². The highest BCUT2D eigenvalue weighted by Crippen LogP contribution is 2.01. The Balaban J connectivity index is 3.82. The molecule has 0 bridgehead atoms. The molecule has 0 aromatic heterocycles. The molecule has 0 saturated heterocycles. The zero-order valence-electron chi connectivity index (χ0n) is 7.03. The molecule has 4 nitrogen and oxygen atoms in total. The summed E-state index contributed by atoms with van der Waals surface area (Å²) >= 11 is 0. The predicted octanol–water partition coefficient (Wildman–Crippen LogP) is 1.59. The minimum Gasteiger partial charge on any atom is -0.381 e. The van der Waals surface area contributed by atoms with E-state index in [1.807, 2.05) is 6.92 Å². The van der Waals surface area contributed by atoms with Crippen molar-refractivity contribution in [3.8, 4) is 0 Å². The molecule has 0 aliphatic heterocycles. The molecule has 1 unspecified atom stereocenters. The SMILES string of the molecule is COC(C)C/C=C(/C)[N+](=O)[O-]. The van der Waals surface area contributed by atoms with E-state index in [-0.39, 0.29) is 11.8 Å². The molecule has 0 rings (SSSR count). The Bertz CT molecular complexity index is 165. The van der Waals surface area contributed by atoms with Crippen LogP contribution in [0, 0.1) is 10.1 Å². The average molecular weight is 159 g/mol. The largest absolute Gasteiger partial charge is 0.381 e. The van der Waals surface area contributed by atoms with Crippen LogP contribution in [0.5, 0.6) is 0 Å². The second kappa shape index (κ2) is 4.85. The Morgan fingerprint density at radius 1 is 1.82 bits per heavy atom. The third-order valence-electron chi connectivity index (χ3n) is 1.44. The molecule has 0 aliphatic rings. The Morgan fingerprint density at radius 2 is 2.36 bits per heavy atom. The first-order valence-corrected chi connectivity index (χ1v) is 3.42. The second-order valence-electron chi connectivity index (χ2n) is 2.38. The number of nitrogens with zero attached hydrogens (tertiary/aromatic N) is 1. The van der Waals surface area contributed by atoms with Crippen LogP contribution in [0.2, 0.25) is 0 Å². The number of methoxy groups -OCH3 is 1. The lowest BCUT2D eigenvalue weighted by atomic mass is 10.2. The Morgan fingerprint density at radius 3 is 2.73 bits per heavy atom. The zero-order valence-corrected chi connectivity index (χ0v) is 7.03. The Labute approximate surface area is 66.0 Å². The monoisotopic (exact) mass is 159 g/mol. The van der Waals surface area contributed by atoms with E-state index in [1.54, 1.807) is 13.2 Å². The van der Waals surface area contributed by atoms with Gasteiger partial charge in [0, 0.05) is 14.0 Å². The molecule has 0 heterocycles. The van der Waals surface area contributed by atoms with Crippen molar-refractivity contribution in [2.45, 2.75) is 26.4 Å². The number of hydrogen-bond acceptors (Lipinski definition) is 3. The van der Waals surface area contributed by atoms with Crippen molar-refractivity contribution in [3.05, 3.63) is 21.9 Å². The van der Waals surface area contributed by atoms with Crippen molar-refractivity contribution in [2.24, 2.45) is 0 Å². The first kappa shape index (κ1) is 10.1. The van der Waals surface area contributed by atoms with Crippen LogP contribution in [-0.4, -0.2) is 18.1 Å². The summed E-state index contributed by atoms with van der Waals surface area (Å²) in [6.07, 6.45) is 2.20. The van der Waals surface area contributed by atoms with E-state index in [0.717, 1.165) is 0 Å². The van der Waals surface area contributed by atoms with Gasteiger partial charge in [0.1, 0.15) is 0 Å². The number of hydrogen-bond donors (Lipinski definition) is 0. The number of ether oxygens (including phenoxy) is 1. The smallest absolute Gasteiger partial charge is 0.239 e. The summed E-state index contributed by atoms with van der Waals surface area (Å²) in [7, 11) is 1.58. The molecule has 0 aromatic carbocycles. The molecule has 0 spiro atoms. The van der Waals surface area contributed by atoms with E-state index in [1.165, 1.54) is 6.92 Å². The van der Waals surface area contributed by atoms with E-state index in [4.69, 9.17) is 4.74 Å². The van der Waals surface area contributed by atoms with E-state index in [9.17, 15) is 10.1 Å². The fourth-order valence-electron chi connectivity index (χ4n) is 0.507. The molecule has 0 amide bonds. The van der Waals surface area contributed by atoms with Gasteiger partial charge < -0.3 is 4.74 Å². The fraction of sp³-hybridized carbons (Fsp3) is 0.714. The summed E-state index contributed by atoms with van der Waals surface area (Å²) in [4.78, 5) is 9.70. The maximum atomic E-state index is 10.1. The van der Waals surface area contributed by atoms with Gasteiger partial charge >= 0.3 is 0 Å². The third kappa shape index (κ3) is 4.50. The predicted molar refractivity (Wildman–Crippen MR) is 41.8 cm³/mol. The van der Waals surface area contributed by atoms with E-state index >= 15 is 0 Å². The molecular formula is C7H13NO3. The topological polar surface area (TPSA) is 52.4 Å². The van der Waals surface area contributed by atoms with Crippen LogP contribution in [0.25, 0.3) is 0 Å². The van der Waals surface area contributed by atoms with Gasteiger partial charge in [-0.3, -0.25) is 10.1 Å². The quantitative estimate of drug-likeness (QED) is 0.462. The maximum absolute atomic E-state index is 10.1. The minimum absolute atomic E-state index is 0.0462. The highest BCUT2D eigenvalue weighted by molar-refractivity contribution is 4.88. The first-order valence-electron chi connectivity index (χ1n) is 3.42. The molecule has 0 N–H and O–H groups in total. The summed E-state index contributed by atoms with van der Waals surface area (Å²) in [6, 6.07) is 0. The summed E-state index contributed by atoms with van der Waals surface area (Å²) in [5.41, 5.74) is 0.175. The molecule has 11 heavy (non-hydrogen) atoms. The summed E-state index contributed by atoms with van der Waals surface area (Å²) < 4.78 is 4.91. The van der Waals surface area contributed by atoms with Gasteiger partial charge in [0.15, 0.2) is 0 Å². The van der Waals surface area contributed by atoms with Crippen LogP contribution in [-0.2, 0) is 4.74 Å². The van der Waals surface area contributed by atoms with Crippen molar-refractivity contribution in [2.75, 3.05) is 7.11 Å². The van der Waals surface area contributed by atoms with Crippen LogP contribution in [0.3, 0.4) is 0 Å². The number of rotatable bonds is 4. The average Bonchev–Trinajstić information content (AvgIpc) is 1.99. The highest BCUT2D eigenvalue weighted by atomic mass is 16.6. The molecule has 0 fully saturated rings. The van der Waals surface area contributed by atoms with Crippen molar-refractivity contribution in [1.82, 2.24) is 0 Å². The maximum Gasteiger partial charge on any atom is 0.239 e. The van der Waals surface area contributed by atoms with Crippen LogP contribution in [0.15, 0.2) is 11.8 Å². The molecule has 4 heteroatoms. The summed E-state index contributed by atoms with van der Waals surface area (Å²) in [6.45, 7) is 3.34. The normalized spacial score (nSPS) is 14.6. The Hall–Kier alpha value is -0.900. The molecular weight excluding hydrogens is 146 g/mol. The van der Waals surface area contributed by atoms with Gasteiger partial charge in [-0.05, 0) is 19.4 Å². The van der Waals surface area contributed by atoms with Crippen molar-refractivity contribution >= 4 is 0 Å². The molecule has 0 radical (unpaired) electrons. The van der Waals surface area contributed by atoms with Gasteiger partial charge in [0.25, 0.3) is 0 Å². The van der Waals surface area contributed by atoms with Crippen LogP contribution >= 0.6 is 0 Å². The zero-order chi connectivity index (χ0) is 8.85. The summed E-state index contributed by atoms with van der Waals surface area (Å²) in [5.74, 6) is 0. The molecule has 0 aromatic rings. The lowest BCUT2D eigenvalue weighted by Crippen LogP contribution is -2.03. The molecule has 64 valence electrons. The highest BCUT2D eigenvalue weighted by Gasteiger charge is 2.02. The lowest BCUT2D eigenvalue weighted by Gasteiger charge is -2.03. The molecule has 1 atom stereocenters. The second-order valence-corrected chi connectivity index (χ2v) is 2.38. The number of nitro groups is 1. The first-order chi connectivity index (χ1) is 5.07. The molecule has 0 aliphatic carbocycles. The van der Waals surface area contributed by atoms with Crippen LogP contribution < -0.4 is 0 Å². The van der Waals surface area contributed by atoms with Crippen molar-refractivity contribution in [1.29, 1.82) is 0 Å². The fourth-order valence-corrected chi connectivity index (χ4v) is 0.507. The summed E-state index contributed by atoms with van der Waals surface area (Å²) in [5, 5.41) is 10.1. The third-order valence-corrected chi connectivity index (χ3v) is 1.44. The van der Waals surface area contributed by atoms with Crippen LogP contribution in [0.4, 0.5) is 0 Å². The minimum atomic E-state index is -0.400. The van der Waals surface area contributed by atoms with Gasteiger partial charge in [-0.2, -0.15) is 0 Å². The van der Waals surface area contributed by atoms with E-state index < -0.39 is 4.92 Å². The van der Waals surface area contributed by atoms with Gasteiger partial charge in [0.05, 0.1) is 11.0 Å². The molecule has 0 saturated carbocycles. The lowest BCUT2D eigenvalue weighted by molar-refractivity contribution is -0.424. The van der Waals surface area contributed by atoms with Gasteiger partial charge in [-0.1, -0.05) is 0 Å². The van der Waals surface area contributed by atoms with Crippen molar-refractivity contribution < 1.29 is 9.66 Å². The Kier molecular flexibility index (Phi) is 4.45. The van der Waals surface area contributed by atoms with Gasteiger partial charge in [0.2, 0.25) is 5.70 Å². The standard InChI is InChI=1S/C7H13NO3/c1-6(8(9)10)4-5-7(2)11-3/h4,7H,5H2,1-3H3/b6-4-. The van der Waals surface area contributed by atoms with Crippen LogP contribution in [0.1, 0.15) is 20.3 Å². The van der Waals surface area contributed by atoms with Crippen molar-refractivity contribution in [3.63, 3.8) is 0 Å². The van der Waals surface area contributed by atoms with Gasteiger partial charge in [-0.25, -0.2) is 0 Å². The van der Waals surface area contributed by atoms with E-state index in [0.29, 0.717) is 6.42 Å². The van der Waals surface area contributed by atoms with Gasteiger partial charge in [-0.15, -0.1) is 0 Å².